The number of rotatable bonds is 4. The summed E-state index contributed by atoms with van der Waals surface area (Å²) < 4.78 is 13.3. The number of nitro benzene ring substituents is 1. The fourth-order valence-electron chi connectivity index (χ4n) is 1.62. The van der Waals surface area contributed by atoms with Gasteiger partial charge in [0, 0.05) is 22.3 Å². The Balaban J connectivity index is 2.29. The van der Waals surface area contributed by atoms with E-state index in [1.807, 2.05) is 30.5 Å². The van der Waals surface area contributed by atoms with Crippen LogP contribution in [0.3, 0.4) is 0 Å². The largest absolute Gasteiger partial charge is 0.355 e. The van der Waals surface area contributed by atoms with E-state index >= 15 is 0 Å². The molecule has 19 heavy (non-hydrogen) atoms. The summed E-state index contributed by atoms with van der Waals surface area (Å²) in [7, 11) is 0. The third kappa shape index (κ3) is 3.45. The van der Waals surface area contributed by atoms with Crippen LogP contribution < -0.4 is 5.32 Å². The lowest BCUT2D eigenvalue weighted by Crippen LogP contribution is -1.94. The molecule has 0 aliphatic carbocycles. The number of anilines is 2. The monoisotopic (exact) mass is 278 g/mol. The molecule has 0 saturated carbocycles. The van der Waals surface area contributed by atoms with Crippen LogP contribution in [0.2, 0.25) is 0 Å². The van der Waals surface area contributed by atoms with Crippen LogP contribution in [0.15, 0.2) is 47.4 Å². The van der Waals surface area contributed by atoms with Gasteiger partial charge in [0.15, 0.2) is 0 Å². The molecule has 0 aromatic heterocycles. The first-order valence-electron chi connectivity index (χ1n) is 5.44. The molecule has 0 radical (unpaired) electrons. The van der Waals surface area contributed by atoms with Gasteiger partial charge in [-0.15, -0.1) is 11.8 Å². The Labute approximate surface area is 113 Å². The molecule has 2 aromatic rings. The lowest BCUT2D eigenvalue weighted by molar-refractivity contribution is -0.385. The third-order valence-corrected chi connectivity index (χ3v) is 3.18. The van der Waals surface area contributed by atoms with Crippen molar-refractivity contribution in [2.75, 3.05) is 11.6 Å². The second kappa shape index (κ2) is 5.71. The maximum atomic E-state index is 13.3. The minimum absolute atomic E-state index is 0.275. The minimum atomic E-state index is -0.641. The van der Waals surface area contributed by atoms with E-state index in [2.05, 4.69) is 5.32 Å². The van der Waals surface area contributed by atoms with Crippen molar-refractivity contribution in [2.45, 2.75) is 4.90 Å². The third-order valence-electron chi connectivity index (χ3n) is 2.45. The van der Waals surface area contributed by atoms with Crippen LogP contribution in [0.5, 0.6) is 0 Å². The molecule has 98 valence electrons. The zero-order chi connectivity index (χ0) is 13.8. The molecule has 0 amide bonds. The normalized spacial score (nSPS) is 10.2. The number of benzene rings is 2. The van der Waals surface area contributed by atoms with E-state index in [-0.39, 0.29) is 5.69 Å². The maximum Gasteiger partial charge on any atom is 0.274 e. The number of thioether (sulfide) groups is 1. The van der Waals surface area contributed by atoms with E-state index in [0.29, 0.717) is 5.69 Å². The van der Waals surface area contributed by atoms with Gasteiger partial charge in [-0.2, -0.15) is 0 Å². The first-order valence-corrected chi connectivity index (χ1v) is 6.67. The van der Waals surface area contributed by atoms with E-state index in [0.717, 1.165) is 16.6 Å². The van der Waals surface area contributed by atoms with Crippen LogP contribution in [0.4, 0.5) is 21.5 Å². The fraction of sp³-hybridized carbons (Fsp3) is 0.0769. The molecule has 2 rings (SSSR count). The van der Waals surface area contributed by atoms with Crippen molar-refractivity contribution in [3.63, 3.8) is 0 Å². The van der Waals surface area contributed by atoms with Gasteiger partial charge in [0.25, 0.3) is 5.69 Å². The standard InChI is InChI=1S/C13H11FN2O2S/c1-19-13-4-2-3-10(8-13)15-11-5-9(14)6-12(7-11)16(17)18/h2-8,15H,1H3. The molecule has 1 N–H and O–H groups in total. The van der Waals surface area contributed by atoms with Crippen molar-refractivity contribution >= 4 is 28.8 Å². The lowest BCUT2D eigenvalue weighted by Gasteiger charge is -2.07. The second-order valence-corrected chi connectivity index (χ2v) is 4.69. The van der Waals surface area contributed by atoms with Gasteiger partial charge in [0.2, 0.25) is 0 Å². The van der Waals surface area contributed by atoms with Crippen LogP contribution in [0.25, 0.3) is 0 Å². The number of nitrogens with one attached hydrogen (secondary N) is 1. The van der Waals surface area contributed by atoms with Crippen LogP contribution in [-0.4, -0.2) is 11.2 Å². The Morgan fingerprint density at radius 1 is 1.21 bits per heavy atom. The smallest absolute Gasteiger partial charge is 0.274 e. The molecule has 2 aromatic carbocycles. The highest BCUT2D eigenvalue weighted by atomic mass is 32.2. The molecule has 0 fully saturated rings. The second-order valence-electron chi connectivity index (χ2n) is 3.81. The summed E-state index contributed by atoms with van der Waals surface area (Å²) in [5.41, 5.74) is 0.834. The average molecular weight is 278 g/mol. The zero-order valence-electron chi connectivity index (χ0n) is 10.1. The maximum absolute atomic E-state index is 13.3. The molecule has 0 aliphatic rings. The predicted molar refractivity (Wildman–Crippen MR) is 74.6 cm³/mol. The van der Waals surface area contributed by atoms with Gasteiger partial charge in [0.05, 0.1) is 11.0 Å². The predicted octanol–water partition coefficient (Wildman–Crippen LogP) is 4.20. The molecule has 0 saturated heterocycles. The highest BCUT2D eigenvalue weighted by Crippen LogP contribution is 2.25. The Hall–Kier alpha value is -2.08. The number of halogens is 1. The van der Waals surface area contributed by atoms with Crippen molar-refractivity contribution in [1.29, 1.82) is 0 Å². The van der Waals surface area contributed by atoms with Gasteiger partial charge in [-0.1, -0.05) is 6.07 Å². The molecule has 0 spiro atoms. The van der Waals surface area contributed by atoms with Crippen molar-refractivity contribution < 1.29 is 9.31 Å². The molecule has 0 aliphatic heterocycles. The summed E-state index contributed by atoms with van der Waals surface area (Å²) >= 11 is 1.58. The summed E-state index contributed by atoms with van der Waals surface area (Å²) in [6, 6.07) is 10.9. The molecular weight excluding hydrogens is 267 g/mol. The van der Waals surface area contributed by atoms with Gasteiger partial charge >= 0.3 is 0 Å². The van der Waals surface area contributed by atoms with Crippen molar-refractivity contribution in [3.8, 4) is 0 Å². The fourth-order valence-corrected chi connectivity index (χ4v) is 2.08. The van der Waals surface area contributed by atoms with Gasteiger partial charge in [0.1, 0.15) is 5.82 Å². The van der Waals surface area contributed by atoms with Crippen LogP contribution in [0.1, 0.15) is 0 Å². The molecule has 0 atom stereocenters. The Morgan fingerprint density at radius 2 is 2.00 bits per heavy atom. The van der Waals surface area contributed by atoms with Gasteiger partial charge in [-0.3, -0.25) is 10.1 Å². The summed E-state index contributed by atoms with van der Waals surface area (Å²) in [5.74, 6) is -0.641. The highest BCUT2D eigenvalue weighted by molar-refractivity contribution is 7.98. The number of hydrogen-bond donors (Lipinski definition) is 1. The van der Waals surface area contributed by atoms with E-state index in [9.17, 15) is 14.5 Å². The first kappa shape index (κ1) is 13.4. The molecular formula is C13H11FN2O2S. The summed E-state index contributed by atoms with van der Waals surface area (Å²) in [5, 5.41) is 13.6. The zero-order valence-corrected chi connectivity index (χ0v) is 10.9. The summed E-state index contributed by atoms with van der Waals surface area (Å²) in [6.07, 6.45) is 1.95. The topological polar surface area (TPSA) is 55.2 Å². The number of nitrogens with zero attached hydrogens (tertiary/aromatic N) is 1. The first-order chi connectivity index (χ1) is 9.08. The van der Waals surface area contributed by atoms with E-state index in [4.69, 9.17) is 0 Å². The van der Waals surface area contributed by atoms with Crippen molar-refractivity contribution in [2.24, 2.45) is 0 Å². The van der Waals surface area contributed by atoms with Gasteiger partial charge in [-0.05, 0) is 30.5 Å². The molecule has 4 nitrogen and oxygen atoms in total. The van der Waals surface area contributed by atoms with E-state index in [1.165, 1.54) is 12.1 Å². The van der Waals surface area contributed by atoms with Crippen molar-refractivity contribution in [1.82, 2.24) is 0 Å². The van der Waals surface area contributed by atoms with E-state index in [1.54, 1.807) is 11.8 Å². The summed E-state index contributed by atoms with van der Waals surface area (Å²) in [4.78, 5) is 11.1. The van der Waals surface area contributed by atoms with Crippen LogP contribution in [-0.2, 0) is 0 Å². The van der Waals surface area contributed by atoms with Crippen LogP contribution in [0, 0.1) is 15.9 Å². The van der Waals surface area contributed by atoms with Gasteiger partial charge < -0.3 is 5.32 Å². The Bertz CT molecular complexity index is 619. The quantitative estimate of drug-likeness (QED) is 0.517. The number of non-ortho nitro benzene ring substituents is 1. The molecule has 0 bridgehead atoms. The SMILES string of the molecule is CSc1cccc(Nc2cc(F)cc([N+](=O)[O-])c2)c1. The Morgan fingerprint density at radius 3 is 2.68 bits per heavy atom. The highest BCUT2D eigenvalue weighted by Gasteiger charge is 2.09. The van der Waals surface area contributed by atoms with Crippen molar-refractivity contribution in [3.05, 3.63) is 58.4 Å². The molecule has 0 heterocycles. The molecule has 0 unspecified atom stereocenters. The van der Waals surface area contributed by atoms with Crippen LogP contribution >= 0.6 is 11.8 Å². The Kier molecular flexibility index (Phi) is 4.01. The summed E-state index contributed by atoms with van der Waals surface area (Å²) in [6.45, 7) is 0. The van der Waals surface area contributed by atoms with Gasteiger partial charge in [-0.25, -0.2) is 4.39 Å². The van der Waals surface area contributed by atoms with E-state index < -0.39 is 10.7 Å². The number of hydrogen-bond acceptors (Lipinski definition) is 4. The lowest BCUT2D eigenvalue weighted by atomic mass is 10.2. The molecule has 6 heteroatoms. The minimum Gasteiger partial charge on any atom is -0.355 e. The number of nitro groups is 1. The average Bonchev–Trinajstić information content (AvgIpc) is 2.38.